The number of nitrogens with one attached hydrogen (secondary N) is 2. The van der Waals surface area contributed by atoms with Gasteiger partial charge in [0, 0.05) is 30.8 Å². The lowest BCUT2D eigenvalue weighted by Crippen LogP contribution is -2.27. The average Bonchev–Trinajstić information content (AvgIpc) is 3.30. The topological polar surface area (TPSA) is 87.7 Å². The summed E-state index contributed by atoms with van der Waals surface area (Å²) < 4.78 is 5.16. The number of hydrogen-bond acceptors (Lipinski definition) is 4. The van der Waals surface area contributed by atoms with Crippen molar-refractivity contribution in [3.63, 3.8) is 0 Å². The highest BCUT2D eigenvalue weighted by molar-refractivity contribution is 6.09. The molecule has 1 heterocycles. The smallest absolute Gasteiger partial charge is 0.255 e. The van der Waals surface area contributed by atoms with Crippen molar-refractivity contribution < 1.29 is 19.1 Å². The number of anilines is 2. The van der Waals surface area contributed by atoms with E-state index in [-0.39, 0.29) is 17.7 Å². The second-order valence-corrected chi connectivity index (χ2v) is 8.05. The Labute approximate surface area is 198 Å². The van der Waals surface area contributed by atoms with E-state index in [1.54, 1.807) is 60.5 Å². The molecular weight excluding hydrogens is 430 g/mol. The zero-order valence-electron chi connectivity index (χ0n) is 19.0. The number of carbonyl (C=O) groups is 3. The van der Waals surface area contributed by atoms with Gasteiger partial charge in [-0.25, -0.2) is 0 Å². The van der Waals surface area contributed by atoms with E-state index in [1.807, 2.05) is 24.3 Å². The van der Waals surface area contributed by atoms with Gasteiger partial charge in [-0.15, -0.1) is 0 Å². The van der Waals surface area contributed by atoms with Crippen LogP contribution in [0.25, 0.3) is 0 Å². The fourth-order valence-corrected chi connectivity index (χ4v) is 3.91. The molecule has 0 radical (unpaired) electrons. The first-order valence-electron chi connectivity index (χ1n) is 11.3. The minimum atomic E-state index is -0.321. The van der Waals surface area contributed by atoms with Crippen LogP contribution in [-0.2, 0) is 11.2 Å². The Morgan fingerprint density at radius 2 is 1.68 bits per heavy atom. The highest BCUT2D eigenvalue weighted by Gasteiger charge is 2.22. The predicted octanol–water partition coefficient (Wildman–Crippen LogP) is 4.05. The maximum atomic E-state index is 12.8. The molecule has 0 spiro atoms. The monoisotopic (exact) mass is 457 g/mol. The molecule has 7 heteroatoms. The second-order valence-electron chi connectivity index (χ2n) is 8.05. The van der Waals surface area contributed by atoms with Crippen LogP contribution in [0.1, 0.15) is 39.1 Å². The molecule has 1 aliphatic rings. The molecule has 174 valence electrons. The zero-order valence-corrected chi connectivity index (χ0v) is 19.0. The third-order valence-corrected chi connectivity index (χ3v) is 5.79. The molecule has 0 bridgehead atoms. The minimum Gasteiger partial charge on any atom is -0.497 e. The van der Waals surface area contributed by atoms with Crippen LogP contribution in [-0.4, -0.2) is 37.9 Å². The maximum Gasteiger partial charge on any atom is 0.255 e. The van der Waals surface area contributed by atoms with E-state index in [0.29, 0.717) is 42.7 Å². The van der Waals surface area contributed by atoms with Gasteiger partial charge in [-0.1, -0.05) is 24.3 Å². The summed E-state index contributed by atoms with van der Waals surface area (Å²) >= 11 is 0. The quantitative estimate of drug-likeness (QED) is 0.534. The molecule has 1 aliphatic heterocycles. The van der Waals surface area contributed by atoms with Gasteiger partial charge in [0.25, 0.3) is 11.8 Å². The van der Waals surface area contributed by atoms with E-state index in [0.717, 1.165) is 23.4 Å². The molecule has 3 amide bonds. The first kappa shape index (κ1) is 23.0. The molecule has 4 rings (SSSR count). The normalized spacial score (nSPS) is 13.0. The summed E-state index contributed by atoms with van der Waals surface area (Å²) in [5.74, 6) is 0.311. The van der Waals surface area contributed by atoms with Crippen molar-refractivity contribution >= 4 is 29.1 Å². The standard InChI is InChI=1S/C27H27N3O4/c1-34-22-14-8-19(9-15-22)16-17-28-27(33)23-5-2-3-6-24(23)29-26(32)20-10-12-21(13-11-20)30-18-4-7-25(30)31/h2-3,5-6,8-15H,4,7,16-18H2,1H3,(H,28,33)(H,29,32). The summed E-state index contributed by atoms with van der Waals surface area (Å²) in [6, 6.07) is 21.5. The summed E-state index contributed by atoms with van der Waals surface area (Å²) in [7, 11) is 1.62. The van der Waals surface area contributed by atoms with Crippen LogP contribution >= 0.6 is 0 Å². The van der Waals surface area contributed by atoms with Gasteiger partial charge in [0.1, 0.15) is 5.75 Å². The number of ether oxygens (including phenoxy) is 1. The molecule has 34 heavy (non-hydrogen) atoms. The van der Waals surface area contributed by atoms with Crippen LogP contribution in [0.15, 0.2) is 72.8 Å². The number of benzene rings is 3. The molecule has 1 saturated heterocycles. The molecule has 7 nitrogen and oxygen atoms in total. The lowest BCUT2D eigenvalue weighted by Gasteiger charge is -2.16. The Morgan fingerprint density at radius 1 is 0.941 bits per heavy atom. The summed E-state index contributed by atoms with van der Waals surface area (Å²) in [5.41, 5.74) is 3.15. The van der Waals surface area contributed by atoms with Crippen LogP contribution in [0.2, 0.25) is 0 Å². The van der Waals surface area contributed by atoms with Gasteiger partial charge < -0.3 is 20.3 Å². The Morgan fingerprint density at radius 3 is 2.35 bits per heavy atom. The molecule has 2 N–H and O–H groups in total. The number of para-hydroxylation sites is 1. The van der Waals surface area contributed by atoms with E-state index in [4.69, 9.17) is 4.74 Å². The molecule has 0 atom stereocenters. The first-order chi connectivity index (χ1) is 16.5. The van der Waals surface area contributed by atoms with Gasteiger partial charge in [0.05, 0.1) is 18.4 Å². The first-order valence-corrected chi connectivity index (χ1v) is 11.3. The predicted molar refractivity (Wildman–Crippen MR) is 131 cm³/mol. The number of hydrogen-bond donors (Lipinski definition) is 2. The summed E-state index contributed by atoms with van der Waals surface area (Å²) in [4.78, 5) is 39.2. The third kappa shape index (κ3) is 5.43. The number of amides is 3. The highest BCUT2D eigenvalue weighted by atomic mass is 16.5. The van der Waals surface area contributed by atoms with Crippen molar-refractivity contribution in [1.82, 2.24) is 5.32 Å². The third-order valence-electron chi connectivity index (χ3n) is 5.79. The molecule has 3 aromatic rings. The van der Waals surface area contributed by atoms with Crippen LogP contribution < -0.4 is 20.3 Å². The van der Waals surface area contributed by atoms with Gasteiger partial charge in [0.2, 0.25) is 5.91 Å². The van der Waals surface area contributed by atoms with Crippen LogP contribution in [0.3, 0.4) is 0 Å². The number of methoxy groups -OCH3 is 1. The van der Waals surface area contributed by atoms with Crippen molar-refractivity contribution in [3.8, 4) is 5.75 Å². The molecule has 0 aliphatic carbocycles. The van der Waals surface area contributed by atoms with Crippen molar-refractivity contribution in [1.29, 1.82) is 0 Å². The van der Waals surface area contributed by atoms with Crippen LogP contribution in [0.4, 0.5) is 11.4 Å². The largest absolute Gasteiger partial charge is 0.497 e. The van der Waals surface area contributed by atoms with Crippen molar-refractivity contribution in [2.45, 2.75) is 19.3 Å². The number of rotatable bonds is 8. The fourth-order valence-electron chi connectivity index (χ4n) is 3.91. The molecule has 0 unspecified atom stereocenters. The number of carbonyl (C=O) groups excluding carboxylic acids is 3. The van der Waals surface area contributed by atoms with Crippen molar-refractivity contribution in [3.05, 3.63) is 89.5 Å². The Hall–Kier alpha value is -4.13. The van der Waals surface area contributed by atoms with E-state index in [1.165, 1.54) is 0 Å². The lowest BCUT2D eigenvalue weighted by atomic mass is 10.1. The highest BCUT2D eigenvalue weighted by Crippen LogP contribution is 2.22. The zero-order chi connectivity index (χ0) is 23.9. The molecular formula is C27H27N3O4. The summed E-state index contributed by atoms with van der Waals surface area (Å²) in [6.45, 7) is 1.16. The Bertz CT molecular complexity index is 1170. The van der Waals surface area contributed by atoms with E-state index >= 15 is 0 Å². The maximum absolute atomic E-state index is 12.8. The average molecular weight is 458 g/mol. The molecule has 1 fully saturated rings. The molecule has 0 saturated carbocycles. The van der Waals surface area contributed by atoms with E-state index in [9.17, 15) is 14.4 Å². The SMILES string of the molecule is COc1ccc(CCNC(=O)c2ccccc2NC(=O)c2ccc(N3CCCC3=O)cc2)cc1. The molecule has 3 aromatic carbocycles. The summed E-state index contributed by atoms with van der Waals surface area (Å²) in [6.07, 6.45) is 2.08. The minimum absolute atomic E-state index is 0.101. The van der Waals surface area contributed by atoms with Gasteiger partial charge in [-0.3, -0.25) is 14.4 Å². The second kappa shape index (κ2) is 10.7. The van der Waals surface area contributed by atoms with Crippen molar-refractivity contribution in [2.24, 2.45) is 0 Å². The lowest BCUT2D eigenvalue weighted by molar-refractivity contribution is -0.117. The van der Waals surface area contributed by atoms with Gasteiger partial charge in [-0.05, 0) is 66.9 Å². The number of nitrogens with zero attached hydrogens (tertiary/aromatic N) is 1. The van der Waals surface area contributed by atoms with Crippen LogP contribution in [0, 0.1) is 0 Å². The fraction of sp³-hybridized carbons (Fsp3) is 0.222. The van der Waals surface area contributed by atoms with Gasteiger partial charge >= 0.3 is 0 Å². The molecule has 0 aromatic heterocycles. The summed E-state index contributed by atoms with van der Waals surface area (Å²) in [5, 5.41) is 5.75. The van der Waals surface area contributed by atoms with E-state index < -0.39 is 0 Å². The van der Waals surface area contributed by atoms with Gasteiger partial charge in [0.15, 0.2) is 0 Å². The Kier molecular flexibility index (Phi) is 7.22. The van der Waals surface area contributed by atoms with Gasteiger partial charge in [-0.2, -0.15) is 0 Å². The van der Waals surface area contributed by atoms with E-state index in [2.05, 4.69) is 10.6 Å². The van der Waals surface area contributed by atoms with Crippen molar-refractivity contribution in [2.75, 3.05) is 30.4 Å². The van der Waals surface area contributed by atoms with Crippen LogP contribution in [0.5, 0.6) is 5.75 Å². The Balaban J connectivity index is 1.37.